The van der Waals surface area contributed by atoms with E-state index >= 15 is 0 Å². The Bertz CT molecular complexity index is 984. The Morgan fingerprint density at radius 3 is 1.88 bits per heavy atom. The molecule has 0 bridgehead atoms. The molecule has 116 valence electrons. The molecule has 0 radical (unpaired) electrons. The zero-order chi connectivity index (χ0) is 16.4. The van der Waals surface area contributed by atoms with Crippen LogP contribution in [0.2, 0.25) is 0 Å². The van der Waals surface area contributed by atoms with Crippen LogP contribution in [-0.2, 0) is 10.9 Å². The van der Waals surface area contributed by atoms with E-state index in [0.29, 0.717) is 5.58 Å². The van der Waals surface area contributed by atoms with E-state index in [1.54, 1.807) is 0 Å². The summed E-state index contributed by atoms with van der Waals surface area (Å²) in [4.78, 5) is 15.1. The molecule has 24 heavy (non-hydrogen) atoms. The average Bonchev–Trinajstić information content (AvgIpc) is 2.64. The molecular formula is C21H15O2S+. The highest BCUT2D eigenvalue weighted by atomic mass is 32.2. The summed E-state index contributed by atoms with van der Waals surface area (Å²) < 4.78 is 5.26. The molecule has 0 saturated heterocycles. The van der Waals surface area contributed by atoms with Gasteiger partial charge in [0.15, 0.2) is 14.7 Å². The Hall–Kier alpha value is -2.78. The molecule has 0 atom stereocenters. The van der Waals surface area contributed by atoms with Crippen LogP contribution in [-0.4, -0.2) is 0 Å². The summed E-state index contributed by atoms with van der Waals surface area (Å²) in [7, 11) is -0.196. The molecule has 2 nitrogen and oxygen atoms in total. The molecule has 0 spiro atoms. The molecule has 0 fully saturated rings. The predicted molar refractivity (Wildman–Crippen MR) is 97.5 cm³/mol. The van der Waals surface area contributed by atoms with E-state index in [1.807, 2.05) is 30.3 Å². The molecule has 0 aliphatic carbocycles. The minimum Gasteiger partial charge on any atom is -0.423 e. The lowest BCUT2D eigenvalue weighted by atomic mass is 10.2. The van der Waals surface area contributed by atoms with Crippen molar-refractivity contribution < 1.29 is 4.42 Å². The lowest BCUT2D eigenvalue weighted by Gasteiger charge is -2.08. The fraction of sp³-hybridized carbons (Fsp3) is 0. The van der Waals surface area contributed by atoms with E-state index in [0.717, 1.165) is 5.39 Å². The van der Waals surface area contributed by atoms with E-state index in [-0.39, 0.29) is 16.5 Å². The largest absolute Gasteiger partial charge is 0.423 e. The van der Waals surface area contributed by atoms with Gasteiger partial charge < -0.3 is 4.42 Å². The van der Waals surface area contributed by atoms with Crippen LogP contribution >= 0.6 is 0 Å². The van der Waals surface area contributed by atoms with Crippen molar-refractivity contribution in [3.8, 4) is 0 Å². The summed E-state index contributed by atoms with van der Waals surface area (Å²) >= 11 is 0. The molecule has 0 unspecified atom stereocenters. The van der Waals surface area contributed by atoms with Crippen molar-refractivity contribution in [2.24, 2.45) is 0 Å². The average molecular weight is 331 g/mol. The Morgan fingerprint density at radius 2 is 1.25 bits per heavy atom. The van der Waals surface area contributed by atoms with E-state index in [2.05, 4.69) is 54.6 Å². The number of rotatable bonds is 3. The van der Waals surface area contributed by atoms with E-state index in [1.165, 1.54) is 20.8 Å². The molecule has 0 N–H and O–H groups in total. The first kappa shape index (κ1) is 14.8. The Kier molecular flexibility index (Phi) is 3.93. The van der Waals surface area contributed by atoms with Crippen molar-refractivity contribution in [1.29, 1.82) is 0 Å². The minimum absolute atomic E-state index is 0.196. The molecule has 3 heteroatoms. The van der Waals surface area contributed by atoms with Gasteiger partial charge in [-0.2, -0.15) is 0 Å². The standard InChI is InChI=1S/C21H15O2S/c22-21-14-11-16-15-19(12-13-20(16)23-21)24(17-7-3-1-4-8-17)18-9-5-2-6-10-18/h1-15H/q+1. The number of benzene rings is 3. The quantitative estimate of drug-likeness (QED) is 0.395. The molecule has 3 aromatic carbocycles. The van der Waals surface area contributed by atoms with Gasteiger partial charge in [0.1, 0.15) is 5.58 Å². The highest BCUT2D eigenvalue weighted by molar-refractivity contribution is 7.97. The lowest BCUT2D eigenvalue weighted by Crippen LogP contribution is -2.04. The molecule has 1 aromatic heterocycles. The zero-order valence-corrected chi connectivity index (χ0v) is 13.7. The third kappa shape index (κ3) is 2.86. The Morgan fingerprint density at radius 1 is 0.625 bits per heavy atom. The Labute approximate surface area is 142 Å². The van der Waals surface area contributed by atoms with Crippen molar-refractivity contribution in [3.63, 3.8) is 0 Å². The summed E-state index contributed by atoms with van der Waals surface area (Å²) in [6, 6.07) is 30.3. The molecular weight excluding hydrogens is 316 g/mol. The van der Waals surface area contributed by atoms with Gasteiger partial charge in [-0.25, -0.2) is 4.79 Å². The van der Waals surface area contributed by atoms with Crippen LogP contribution in [0.15, 0.2) is 115 Å². The van der Waals surface area contributed by atoms with Gasteiger partial charge in [0.2, 0.25) is 0 Å². The highest BCUT2D eigenvalue weighted by Crippen LogP contribution is 2.32. The molecule has 0 aliphatic rings. The summed E-state index contributed by atoms with van der Waals surface area (Å²) in [5.41, 5.74) is 0.302. The van der Waals surface area contributed by atoms with E-state index in [4.69, 9.17) is 4.42 Å². The van der Waals surface area contributed by atoms with Crippen molar-refractivity contribution in [1.82, 2.24) is 0 Å². The first-order valence-electron chi connectivity index (χ1n) is 7.69. The third-order valence-electron chi connectivity index (χ3n) is 3.78. The lowest BCUT2D eigenvalue weighted by molar-refractivity contribution is 0.561. The van der Waals surface area contributed by atoms with Crippen LogP contribution in [0, 0.1) is 0 Å². The van der Waals surface area contributed by atoms with Gasteiger partial charge in [-0.1, -0.05) is 36.4 Å². The molecule has 1 heterocycles. The van der Waals surface area contributed by atoms with Crippen LogP contribution in [0.5, 0.6) is 0 Å². The number of hydrogen-bond donors (Lipinski definition) is 0. The van der Waals surface area contributed by atoms with E-state index < -0.39 is 0 Å². The number of fused-ring (bicyclic) bond motifs is 1. The topological polar surface area (TPSA) is 30.2 Å². The van der Waals surface area contributed by atoms with Gasteiger partial charge >= 0.3 is 5.63 Å². The summed E-state index contributed by atoms with van der Waals surface area (Å²) in [6.07, 6.45) is 0. The second-order valence-electron chi connectivity index (χ2n) is 5.39. The normalized spacial score (nSPS) is 11.0. The molecule has 4 rings (SSSR count). The van der Waals surface area contributed by atoms with Gasteiger partial charge in [-0.05, 0) is 42.5 Å². The maximum absolute atomic E-state index is 11.4. The first-order valence-corrected chi connectivity index (χ1v) is 8.92. The molecule has 0 amide bonds. The van der Waals surface area contributed by atoms with Gasteiger partial charge in [0.25, 0.3) is 0 Å². The number of hydrogen-bond acceptors (Lipinski definition) is 2. The van der Waals surface area contributed by atoms with Crippen LogP contribution in [0.25, 0.3) is 11.0 Å². The zero-order valence-electron chi connectivity index (χ0n) is 12.9. The van der Waals surface area contributed by atoms with Gasteiger partial charge in [0, 0.05) is 17.5 Å². The van der Waals surface area contributed by atoms with Gasteiger partial charge in [-0.3, -0.25) is 0 Å². The molecule has 0 saturated carbocycles. The maximum Gasteiger partial charge on any atom is 0.336 e. The molecule has 0 aliphatic heterocycles. The summed E-state index contributed by atoms with van der Waals surface area (Å²) in [6.45, 7) is 0. The first-order chi connectivity index (χ1) is 11.8. The second-order valence-corrected chi connectivity index (χ2v) is 7.41. The fourth-order valence-corrected chi connectivity index (χ4v) is 4.82. The Balaban J connectivity index is 1.90. The van der Waals surface area contributed by atoms with Crippen LogP contribution in [0.1, 0.15) is 0 Å². The fourth-order valence-electron chi connectivity index (χ4n) is 2.70. The van der Waals surface area contributed by atoms with Gasteiger partial charge in [-0.15, -0.1) is 0 Å². The van der Waals surface area contributed by atoms with Crippen molar-refractivity contribution in [3.05, 3.63) is 101 Å². The highest BCUT2D eigenvalue weighted by Gasteiger charge is 2.28. The van der Waals surface area contributed by atoms with Crippen molar-refractivity contribution >= 4 is 21.9 Å². The monoisotopic (exact) mass is 331 g/mol. The predicted octanol–water partition coefficient (Wildman–Crippen LogP) is 4.89. The molecule has 4 aromatic rings. The van der Waals surface area contributed by atoms with E-state index in [9.17, 15) is 4.79 Å². The van der Waals surface area contributed by atoms with Gasteiger partial charge in [0.05, 0.1) is 10.9 Å². The summed E-state index contributed by atoms with van der Waals surface area (Å²) in [5, 5.41) is 0.941. The van der Waals surface area contributed by atoms with Crippen LogP contribution in [0.3, 0.4) is 0 Å². The van der Waals surface area contributed by atoms with Crippen molar-refractivity contribution in [2.75, 3.05) is 0 Å². The van der Waals surface area contributed by atoms with Crippen LogP contribution < -0.4 is 5.63 Å². The minimum atomic E-state index is -0.319. The van der Waals surface area contributed by atoms with Crippen LogP contribution in [0.4, 0.5) is 0 Å². The third-order valence-corrected chi connectivity index (χ3v) is 6.00. The van der Waals surface area contributed by atoms with Crippen molar-refractivity contribution in [2.45, 2.75) is 14.7 Å². The summed E-state index contributed by atoms with van der Waals surface area (Å²) in [5.74, 6) is 0. The maximum atomic E-state index is 11.4. The second kappa shape index (κ2) is 6.38. The SMILES string of the molecule is O=c1ccc2cc([S+](c3ccccc3)c3ccccc3)ccc2o1. The smallest absolute Gasteiger partial charge is 0.336 e.